The van der Waals surface area contributed by atoms with Crippen LogP contribution < -0.4 is 0 Å². The van der Waals surface area contributed by atoms with Crippen LogP contribution in [0.1, 0.15) is 33.1 Å². The van der Waals surface area contributed by atoms with Gasteiger partial charge < -0.3 is 14.6 Å². The number of esters is 1. The molecular weight excluding hydrogens is 244 g/mol. The topological polar surface area (TPSA) is 59.1 Å². The highest BCUT2D eigenvalue weighted by molar-refractivity contribution is 5.90. The Kier molecular flexibility index (Phi) is 2.84. The van der Waals surface area contributed by atoms with Crippen molar-refractivity contribution in [1.29, 1.82) is 0 Å². The number of rotatable bonds is 0. The summed E-state index contributed by atoms with van der Waals surface area (Å²) in [6, 6.07) is 0. The predicted molar refractivity (Wildman–Crippen MR) is 69.4 cm³/mol. The van der Waals surface area contributed by atoms with Crippen LogP contribution in [0.4, 0.5) is 0 Å². The van der Waals surface area contributed by atoms with Gasteiger partial charge in [-0.2, -0.15) is 0 Å². The third kappa shape index (κ3) is 2.13. The number of ether oxygens (including phenoxy) is 2. The van der Waals surface area contributed by atoms with Crippen LogP contribution in [-0.4, -0.2) is 35.0 Å². The Bertz CT molecular complexity index is 467. The molecule has 3 rings (SSSR count). The minimum Gasteiger partial charge on any atom is -0.458 e. The van der Waals surface area contributed by atoms with E-state index < -0.39 is 6.10 Å². The summed E-state index contributed by atoms with van der Waals surface area (Å²) in [6.45, 7) is 7.80. The number of carbonyl (C=O) groups is 1. The van der Waals surface area contributed by atoms with Crippen molar-refractivity contribution in [3.63, 3.8) is 0 Å². The van der Waals surface area contributed by atoms with Crippen LogP contribution in [0, 0.1) is 5.92 Å². The summed E-state index contributed by atoms with van der Waals surface area (Å²) in [5.41, 5.74) is 1.22. The van der Waals surface area contributed by atoms with Crippen molar-refractivity contribution in [3.8, 4) is 0 Å². The molecular formula is C15H20O4. The van der Waals surface area contributed by atoms with E-state index >= 15 is 0 Å². The van der Waals surface area contributed by atoms with Crippen molar-refractivity contribution in [2.45, 2.75) is 57.0 Å². The molecule has 104 valence electrons. The maximum absolute atomic E-state index is 11.7. The normalized spacial score (nSPS) is 48.7. The van der Waals surface area contributed by atoms with E-state index in [-0.39, 0.29) is 29.7 Å². The summed E-state index contributed by atoms with van der Waals surface area (Å²) < 4.78 is 11.2. The summed E-state index contributed by atoms with van der Waals surface area (Å²) >= 11 is 0. The zero-order chi connectivity index (χ0) is 13.8. The van der Waals surface area contributed by atoms with Gasteiger partial charge in [0.1, 0.15) is 6.10 Å². The molecule has 1 aliphatic carbocycles. The van der Waals surface area contributed by atoms with Gasteiger partial charge in [0.15, 0.2) is 0 Å². The first-order valence-corrected chi connectivity index (χ1v) is 6.83. The molecule has 0 radical (unpaired) electrons. The fourth-order valence-corrected chi connectivity index (χ4v) is 3.17. The van der Waals surface area contributed by atoms with Crippen molar-refractivity contribution in [3.05, 3.63) is 23.8 Å². The minimum absolute atomic E-state index is 0.106. The zero-order valence-electron chi connectivity index (χ0n) is 11.4. The monoisotopic (exact) mass is 264 g/mol. The van der Waals surface area contributed by atoms with Gasteiger partial charge in [0.2, 0.25) is 0 Å². The average Bonchev–Trinajstić information content (AvgIpc) is 2.93. The molecule has 0 amide bonds. The Morgan fingerprint density at radius 2 is 2.26 bits per heavy atom. The summed E-state index contributed by atoms with van der Waals surface area (Å²) in [7, 11) is 0. The Hall–Kier alpha value is -1.13. The molecule has 0 bridgehead atoms. The first-order valence-electron chi connectivity index (χ1n) is 6.83. The van der Waals surface area contributed by atoms with Crippen LogP contribution in [0.3, 0.4) is 0 Å². The van der Waals surface area contributed by atoms with Crippen LogP contribution >= 0.6 is 0 Å². The Morgan fingerprint density at radius 1 is 1.53 bits per heavy atom. The van der Waals surface area contributed by atoms with E-state index in [2.05, 4.69) is 13.5 Å². The highest BCUT2D eigenvalue weighted by Crippen LogP contribution is 2.47. The fourth-order valence-electron chi connectivity index (χ4n) is 3.17. The van der Waals surface area contributed by atoms with Gasteiger partial charge in [-0.1, -0.05) is 12.7 Å². The van der Waals surface area contributed by atoms with Gasteiger partial charge >= 0.3 is 5.97 Å². The Balaban J connectivity index is 1.89. The van der Waals surface area contributed by atoms with E-state index in [1.807, 2.05) is 13.0 Å². The van der Waals surface area contributed by atoms with Gasteiger partial charge in [-0.15, -0.1) is 0 Å². The molecule has 19 heavy (non-hydrogen) atoms. The van der Waals surface area contributed by atoms with E-state index in [0.717, 1.165) is 12.0 Å². The average molecular weight is 264 g/mol. The second-order valence-electron chi connectivity index (χ2n) is 6.13. The number of epoxide rings is 1. The van der Waals surface area contributed by atoms with Crippen LogP contribution in [-0.2, 0) is 14.3 Å². The highest BCUT2D eigenvalue weighted by atomic mass is 16.6. The van der Waals surface area contributed by atoms with E-state index in [0.29, 0.717) is 18.4 Å². The number of hydrogen-bond donors (Lipinski definition) is 1. The molecule has 0 spiro atoms. The lowest BCUT2D eigenvalue weighted by Crippen LogP contribution is -2.29. The standard InChI is InChI=1S/C15H20O4/c1-8-4-5-13-15(3,19-13)7-12-10(6-11(8)16)9(2)14(17)18-12/h4,10-13,16H,2,5-7H2,1,3H3/b8-4-/t10-,11-,12+,13+,15-/m0/s1. The number of aliphatic hydroxyl groups excluding tert-OH is 1. The molecule has 0 aromatic carbocycles. The molecule has 4 heteroatoms. The lowest BCUT2D eigenvalue weighted by atomic mass is 9.83. The van der Waals surface area contributed by atoms with Gasteiger partial charge in [-0.05, 0) is 32.3 Å². The van der Waals surface area contributed by atoms with Gasteiger partial charge in [0, 0.05) is 17.9 Å². The molecule has 2 saturated heterocycles. The lowest BCUT2D eigenvalue weighted by Gasteiger charge is -2.23. The highest BCUT2D eigenvalue weighted by Gasteiger charge is 2.55. The van der Waals surface area contributed by atoms with Gasteiger partial charge in [-0.25, -0.2) is 4.79 Å². The quantitative estimate of drug-likeness (QED) is 0.313. The molecule has 0 unspecified atom stereocenters. The third-order valence-corrected chi connectivity index (χ3v) is 4.72. The molecule has 2 fully saturated rings. The molecule has 0 aromatic heterocycles. The zero-order valence-corrected chi connectivity index (χ0v) is 11.4. The molecule has 2 aliphatic heterocycles. The Morgan fingerprint density at radius 3 is 3.00 bits per heavy atom. The van der Waals surface area contributed by atoms with Crippen LogP contribution in [0.15, 0.2) is 23.8 Å². The van der Waals surface area contributed by atoms with Crippen LogP contribution in [0.5, 0.6) is 0 Å². The maximum atomic E-state index is 11.7. The maximum Gasteiger partial charge on any atom is 0.334 e. The molecule has 0 saturated carbocycles. The van der Waals surface area contributed by atoms with Crippen LogP contribution in [0.25, 0.3) is 0 Å². The predicted octanol–water partition coefficient (Wildman–Crippen LogP) is 1.73. The van der Waals surface area contributed by atoms with Crippen molar-refractivity contribution in [2.24, 2.45) is 5.92 Å². The smallest absolute Gasteiger partial charge is 0.334 e. The van der Waals surface area contributed by atoms with Crippen molar-refractivity contribution in [1.82, 2.24) is 0 Å². The second kappa shape index (κ2) is 4.18. The minimum atomic E-state index is -0.540. The Labute approximate surface area is 113 Å². The van der Waals surface area contributed by atoms with Crippen molar-refractivity contribution in [2.75, 3.05) is 0 Å². The first-order chi connectivity index (χ1) is 8.90. The molecule has 4 nitrogen and oxygen atoms in total. The van der Waals surface area contributed by atoms with Crippen LogP contribution in [0.2, 0.25) is 0 Å². The van der Waals surface area contributed by atoms with Crippen molar-refractivity contribution < 1.29 is 19.4 Å². The van der Waals surface area contributed by atoms with Crippen molar-refractivity contribution >= 4 is 5.97 Å². The number of aliphatic hydroxyl groups is 1. The third-order valence-electron chi connectivity index (χ3n) is 4.72. The van der Waals surface area contributed by atoms with Gasteiger partial charge in [-0.3, -0.25) is 0 Å². The number of hydrogen-bond acceptors (Lipinski definition) is 4. The van der Waals surface area contributed by atoms with Gasteiger partial charge in [0.25, 0.3) is 0 Å². The fraction of sp³-hybridized carbons (Fsp3) is 0.667. The number of carbonyl (C=O) groups excluding carboxylic acids is 1. The SMILES string of the molecule is C=C1C(=O)O[C@@H]2C[C@]3(C)O[C@@H]3C/C=C(/C)[C@@H](O)C[C@@H]12. The summed E-state index contributed by atoms with van der Waals surface area (Å²) in [4.78, 5) is 11.7. The molecule has 3 aliphatic rings. The lowest BCUT2D eigenvalue weighted by molar-refractivity contribution is -0.139. The van der Waals surface area contributed by atoms with E-state index in [1.165, 1.54) is 0 Å². The molecule has 5 atom stereocenters. The van der Waals surface area contributed by atoms with E-state index in [4.69, 9.17) is 9.47 Å². The second-order valence-corrected chi connectivity index (χ2v) is 6.13. The van der Waals surface area contributed by atoms with Gasteiger partial charge in [0.05, 0.1) is 17.8 Å². The summed E-state index contributed by atoms with van der Waals surface area (Å²) in [6.07, 6.45) is 3.45. The largest absolute Gasteiger partial charge is 0.458 e. The summed E-state index contributed by atoms with van der Waals surface area (Å²) in [5, 5.41) is 10.2. The summed E-state index contributed by atoms with van der Waals surface area (Å²) in [5.74, 6) is -0.436. The van der Waals surface area contributed by atoms with E-state index in [1.54, 1.807) is 0 Å². The first kappa shape index (κ1) is 12.9. The molecule has 1 N–H and O–H groups in total. The number of fused-ring (bicyclic) bond motifs is 2. The van der Waals surface area contributed by atoms with E-state index in [9.17, 15) is 9.90 Å². The molecule has 2 heterocycles. The molecule has 0 aromatic rings.